The molecule has 1 aromatic carbocycles. The molecular formula is C13H19BrO3. The van der Waals surface area contributed by atoms with Gasteiger partial charge in [0.2, 0.25) is 0 Å². The van der Waals surface area contributed by atoms with E-state index in [1.807, 2.05) is 26.0 Å². The van der Waals surface area contributed by atoms with Gasteiger partial charge in [-0.1, -0.05) is 15.9 Å². The molecule has 0 spiro atoms. The van der Waals surface area contributed by atoms with Crippen LogP contribution in [0, 0.1) is 0 Å². The summed E-state index contributed by atoms with van der Waals surface area (Å²) in [5, 5.41) is 8.85. The maximum absolute atomic E-state index is 8.85. The number of benzene rings is 1. The standard InChI is InChI=1S/C13H19BrO3/c1-9(2)17-13-8-11(14)10(5-4-6-15)7-12(13)16-3/h7-9,15H,4-6H2,1-3H3. The Morgan fingerprint density at radius 2 is 2.00 bits per heavy atom. The van der Waals surface area contributed by atoms with E-state index in [2.05, 4.69) is 15.9 Å². The predicted octanol–water partition coefficient (Wildman–Crippen LogP) is 3.17. The number of halogens is 1. The van der Waals surface area contributed by atoms with Crippen molar-refractivity contribution >= 4 is 15.9 Å². The fourth-order valence-electron chi connectivity index (χ4n) is 1.54. The summed E-state index contributed by atoms with van der Waals surface area (Å²) in [5.74, 6) is 1.47. The van der Waals surface area contributed by atoms with Gasteiger partial charge in [-0.25, -0.2) is 0 Å². The summed E-state index contributed by atoms with van der Waals surface area (Å²) in [6, 6.07) is 3.88. The zero-order valence-corrected chi connectivity index (χ0v) is 12.1. The lowest BCUT2D eigenvalue weighted by atomic mass is 10.1. The third kappa shape index (κ3) is 4.21. The Bertz CT molecular complexity index is 364. The molecule has 1 N–H and O–H groups in total. The highest BCUT2D eigenvalue weighted by Crippen LogP contribution is 2.34. The van der Waals surface area contributed by atoms with Crippen LogP contribution in [0.4, 0.5) is 0 Å². The van der Waals surface area contributed by atoms with Crippen molar-refractivity contribution in [1.82, 2.24) is 0 Å². The molecule has 0 amide bonds. The van der Waals surface area contributed by atoms with Crippen LogP contribution in [0.5, 0.6) is 11.5 Å². The zero-order chi connectivity index (χ0) is 12.8. The third-order valence-corrected chi connectivity index (χ3v) is 3.04. The Morgan fingerprint density at radius 1 is 1.29 bits per heavy atom. The Morgan fingerprint density at radius 3 is 2.53 bits per heavy atom. The molecule has 1 aromatic rings. The maximum atomic E-state index is 8.85. The molecule has 0 saturated heterocycles. The van der Waals surface area contributed by atoms with E-state index in [9.17, 15) is 0 Å². The number of rotatable bonds is 6. The summed E-state index contributed by atoms with van der Waals surface area (Å²) in [6.45, 7) is 4.15. The highest BCUT2D eigenvalue weighted by atomic mass is 79.9. The highest BCUT2D eigenvalue weighted by Gasteiger charge is 2.11. The third-order valence-electron chi connectivity index (χ3n) is 2.30. The second kappa shape index (κ2) is 6.87. The van der Waals surface area contributed by atoms with Gasteiger partial charge in [-0.2, -0.15) is 0 Å². The molecule has 4 heteroatoms. The van der Waals surface area contributed by atoms with E-state index in [0.29, 0.717) is 0 Å². The molecule has 3 nitrogen and oxygen atoms in total. The second-order valence-electron chi connectivity index (χ2n) is 4.09. The molecule has 0 heterocycles. The van der Waals surface area contributed by atoms with Crippen LogP contribution in [-0.2, 0) is 6.42 Å². The van der Waals surface area contributed by atoms with E-state index in [4.69, 9.17) is 14.6 Å². The van der Waals surface area contributed by atoms with Crippen LogP contribution < -0.4 is 9.47 Å². The molecule has 0 atom stereocenters. The van der Waals surface area contributed by atoms with Crippen LogP contribution in [0.2, 0.25) is 0 Å². The molecule has 0 bridgehead atoms. The molecule has 17 heavy (non-hydrogen) atoms. The van der Waals surface area contributed by atoms with Gasteiger partial charge in [-0.05, 0) is 44.4 Å². The van der Waals surface area contributed by atoms with Gasteiger partial charge in [0.1, 0.15) is 0 Å². The first-order chi connectivity index (χ1) is 8.08. The molecule has 0 unspecified atom stereocenters. The second-order valence-corrected chi connectivity index (χ2v) is 4.94. The maximum Gasteiger partial charge on any atom is 0.162 e. The molecule has 1 rings (SSSR count). The largest absolute Gasteiger partial charge is 0.493 e. The van der Waals surface area contributed by atoms with Gasteiger partial charge in [0.05, 0.1) is 13.2 Å². The highest BCUT2D eigenvalue weighted by molar-refractivity contribution is 9.10. The SMILES string of the molecule is COc1cc(CCCO)c(Br)cc1OC(C)C. The summed E-state index contributed by atoms with van der Waals surface area (Å²) >= 11 is 3.51. The van der Waals surface area contributed by atoms with Crippen LogP contribution in [0.3, 0.4) is 0 Å². The fraction of sp³-hybridized carbons (Fsp3) is 0.538. The van der Waals surface area contributed by atoms with Crippen molar-refractivity contribution in [1.29, 1.82) is 0 Å². The molecule has 0 radical (unpaired) electrons. The lowest BCUT2D eigenvalue weighted by Crippen LogP contribution is -2.07. The topological polar surface area (TPSA) is 38.7 Å². The lowest BCUT2D eigenvalue weighted by Gasteiger charge is -2.15. The zero-order valence-electron chi connectivity index (χ0n) is 10.5. The molecule has 0 aliphatic rings. The number of ether oxygens (including phenoxy) is 2. The monoisotopic (exact) mass is 302 g/mol. The van der Waals surface area contributed by atoms with Crippen molar-refractivity contribution in [3.8, 4) is 11.5 Å². The van der Waals surface area contributed by atoms with Gasteiger partial charge in [0, 0.05) is 11.1 Å². The number of aliphatic hydroxyl groups excluding tert-OH is 1. The van der Waals surface area contributed by atoms with Crippen molar-refractivity contribution in [3.63, 3.8) is 0 Å². The Kier molecular flexibility index (Phi) is 5.78. The van der Waals surface area contributed by atoms with E-state index in [0.717, 1.165) is 34.4 Å². The normalized spacial score (nSPS) is 10.7. The van der Waals surface area contributed by atoms with Crippen LogP contribution in [0.25, 0.3) is 0 Å². The Labute approximate surface area is 111 Å². The minimum absolute atomic E-state index is 0.110. The first-order valence-corrected chi connectivity index (χ1v) is 6.51. The molecule has 96 valence electrons. The van der Waals surface area contributed by atoms with E-state index in [-0.39, 0.29) is 12.7 Å². The Balaban J connectivity index is 2.97. The lowest BCUT2D eigenvalue weighted by molar-refractivity contribution is 0.230. The first kappa shape index (κ1) is 14.3. The summed E-state index contributed by atoms with van der Waals surface area (Å²) in [7, 11) is 1.63. The van der Waals surface area contributed by atoms with Crippen molar-refractivity contribution in [2.75, 3.05) is 13.7 Å². The van der Waals surface area contributed by atoms with E-state index < -0.39 is 0 Å². The summed E-state index contributed by atoms with van der Waals surface area (Å²) in [5.41, 5.74) is 1.12. The Hall–Kier alpha value is -0.740. The number of aliphatic hydroxyl groups is 1. The summed E-state index contributed by atoms with van der Waals surface area (Å²) in [4.78, 5) is 0. The van der Waals surface area contributed by atoms with Crippen molar-refractivity contribution in [2.24, 2.45) is 0 Å². The number of aryl methyl sites for hydroxylation is 1. The number of methoxy groups -OCH3 is 1. The number of hydrogen-bond acceptors (Lipinski definition) is 3. The molecule has 0 aliphatic heterocycles. The molecule has 0 aromatic heterocycles. The quantitative estimate of drug-likeness (QED) is 0.877. The molecule has 0 saturated carbocycles. The van der Waals surface area contributed by atoms with E-state index in [1.165, 1.54) is 0 Å². The molecular weight excluding hydrogens is 284 g/mol. The summed E-state index contributed by atoms with van der Waals surface area (Å²) < 4.78 is 12.0. The fourth-order valence-corrected chi connectivity index (χ4v) is 2.06. The van der Waals surface area contributed by atoms with Crippen molar-refractivity contribution in [3.05, 3.63) is 22.2 Å². The van der Waals surface area contributed by atoms with Crippen LogP contribution in [0.1, 0.15) is 25.8 Å². The minimum atomic E-state index is 0.110. The van der Waals surface area contributed by atoms with Gasteiger partial charge in [0.25, 0.3) is 0 Å². The van der Waals surface area contributed by atoms with E-state index >= 15 is 0 Å². The first-order valence-electron chi connectivity index (χ1n) is 5.72. The van der Waals surface area contributed by atoms with Crippen LogP contribution >= 0.6 is 15.9 Å². The van der Waals surface area contributed by atoms with Gasteiger partial charge in [-0.3, -0.25) is 0 Å². The minimum Gasteiger partial charge on any atom is -0.493 e. The average molecular weight is 303 g/mol. The predicted molar refractivity (Wildman–Crippen MR) is 71.9 cm³/mol. The van der Waals surface area contributed by atoms with Gasteiger partial charge in [-0.15, -0.1) is 0 Å². The molecule has 0 fully saturated rings. The van der Waals surface area contributed by atoms with E-state index in [1.54, 1.807) is 7.11 Å². The van der Waals surface area contributed by atoms with Crippen LogP contribution in [0.15, 0.2) is 16.6 Å². The van der Waals surface area contributed by atoms with Gasteiger partial charge >= 0.3 is 0 Å². The van der Waals surface area contributed by atoms with Crippen molar-refractivity contribution in [2.45, 2.75) is 32.8 Å². The number of hydrogen-bond donors (Lipinski definition) is 1. The van der Waals surface area contributed by atoms with Crippen molar-refractivity contribution < 1.29 is 14.6 Å². The van der Waals surface area contributed by atoms with Gasteiger partial charge in [0.15, 0.2) is 11.5 Å². The van der Waals surface area contributed by atoms with Gasteiger partial charge < -0.3 is 14.6 Å². The average Bonchev–Trinajstić information content (AvgIpc) is 2.27. The smallest absolute Gasteiger partial charge is 0.162 e. The summed E-state index contributed by atoms with van der Waals surface area (Å²) in [6.07, 6.45) is 1.67. The van der Waals surface area contributed by atoms with Crippen LogP contribution in [-0.4, -0.2) is 24.9 Å². The molecule has 0 aliphatic carbocycles.